The third-order valence-corrected chi connectivity index (χ3v) is 4.00. The van der Waals surface area contributed by atoms with Crippen molar-refractivity contribution in [2.45, 2.75) is 38.6 Å². The fourth-order valence-corrected chi connectivity index (χ4v) is 2.85. The van der Waals surface area contributed by atoms with E-state index in [0.717, 1.165) is 18.0 Å². The molecule has 0 aromatic heterocycles. The molecule has 1 saturated carbocycles. The number of benzene rings is 1. The number of nitrogens with one attached hydrogen (secondary N) is 1. The minimum Gasteiger partial charge on any atom is -0.354 e. The third kappa shape index (κ3) is 4.35. The van der Waals surface area contributed by atoms with Crippen molar-refractivity contribution in [1.82, 2.24) is 5.32 Å². The van der Waals surface area contributed by atoms with Gasteiger partial charge in [0.05, 0.1) is 6.04 Å². The first-order chi connectivity index (χ1) is 9.15. The number of hydrogen-bond acceptors (Lipinski definition) is 2. The molecule has 3 nitrogen and oxygen atoms in total. The summed E-state index contributed by atoms with van der Waals surface area (Å²) >= 11 is 0. The second-order valence-electron chi connectivity index (χ2n) is 5.83. The number of amides is 1. The number of carbonyl (C=O) groups is 1. The average Bonchev–Trinajstić information content (AvgIpc) is 2.83. The fraction of sp³-hybridized carbons (Fsp3) is 0.562. The predicted octanol–water partition coefficient (Wildman–Crippen LogP) is 2.11. The van der Waals surface area contributed by atoms with Crippen LogP contribution in [0.3, 0.4) is 0 Å². The van der Waals surface area contributed by atoms with Crippen molar-refractivity contribution in [3.05, 3.63) is 35.9 Å². The van der Waals surface area contributed by atoms with Crippen molar-refractivity contribution in [1.29, 1.82) is 0 Å². The molecule has 0 aliphatic heterocycles. The second-order valence-corrected chi connectivity index (χ2v) is 5.83. The Morgan fingerprint density at radius 2 is 2.11 bits per heavy atom. The molecule has 1 fully saturated rings. The summed E-state index contributed by atoms with van der Waals surface area (Å²) in [5, 5.41) is 3.00. The summed E-state index contributed by atoms with van der Waals surface area (Å²) in [4.78, 5) is 11.9. The van der Waals surface area contributed by atoms with Crippen molar-refractivity contribution in [2.75, 3.05) is 6.54 Å². The van der Waals surface area contributed by atoms with Gasteiger partial charge in [0.2, 0.25) is 5.91 Å². The zero-order chi connectivity index (χ0) is 13.7. The van der Waals surface area contributed by atoms with Crippen LogP contribution in [0.25, 0.3) is 0 Å². The Balaban J connectivity index is 1.73. The van der Waals surface area contributed by atoms with Crippen LogP contribution < -0.4 is 11.1 Å². The van der Waals surface area contributed by atoms with Crippen LogP contribution in [-0.4, -0.2) is 18.5 Å². The van der Waals surface area contributed by atoms with E-state index in [4.69, 9.17) is 5.73 Å². The first kappa shape index (κ1) is 14.1. The maximum absolute atomic E-state index is 11.9. The smallest absolute Gasteiger partial charge is 0.237 e. The molecule has 0 spiro atoms. The molecule has 19 heavy (non-hydrogen) atoms. The van der Waals surface area contributed by atoms with Crippen LogP contribution in [-0.2, 0) is 11.2 Å². The molecule has 1 amide bonds. The van der Waals surface area contributed by atoms with Crippen molar-refractivity contribution in [3.63, 3.8) is 0 Å². The Morgan fingerprint density at radius 3 is 2.74 bits per heavy atom. The zero-order valence-corrected chi connectivity index (χ0v) is 11.6. The molecular weight excluding hydrogens is 236 g/mol. The number of carbonyl (C=O) groups excluding carboxylic acids is 1. The molecule has 3 N–H and O–H groups in total. The van der Waals surface area contributed by atoms with Crippen LogP contribution in [0.5, 0.6) is 0 Å². The topological polar surface area (TPSA) is 55.1 Å². The molecule has 1 aromatic rings. The molecule has 0 radical (unpaired) electrons. The number of rotatable bonds is 5. The first-order valence-electron chi connectivity index (χ1n) is 7.22. The molecule has 104 valence electrons. The third-order valence-electron chi connectivity index (χ3n) is 4.00. The normalized spacial score (nSPS) is 24.1. The van der Waals surface area contributed by atoms with Gasteiger partial charge >= 0.3 is 0 Å². The molecule has 0 saturated heterocycles. The van der Waals surface area contributed by atoms with E-state index in [-0.39, 0.29) is 5.91 Å². The predicted molar refractivity (Wildman–Crippen MR) is 77.6 cm³/mol. The van der Waals surface area contributed by atoms with E-state index in [1.165, 1.54) is 19.3 Å². The van der Waals surface area contributed by atoms with Crippen LogP contribution in [0.4, 0.5) is 0 Å². The highest BCUT2D eigenvalue weighted by Crippen LogP contribution is 2.29. The summed E-state index contributed by atoms with van der Waals surface area (Å²) in [6.07, 6.45) is 4.36. The molecule has 3 heteroatoms. The lowest BCUT2D eigenvalue weighted by atomic mass is 10.0. The molecule has 2 unspecified atom stereocenters. The summed E-state index contributed by atoms with van der Waals surface area (Å²) < 4.78 is 0. The van der Waals surface area contributed by atoms with Gasteiger partial charge in [-0.25, -0.2) is 0 Å². The second kappa shape index (κ2) is 6.71. The van der Waals surface area contributed by atoms with Crippen LogP contribution in [0.15, 0.2) is 30.3 Å². The SMILES string of the molecule is CC1CCC(CNC(=O)[C@@H](N)Cc2ccccc2)C1. The molecule has 2 rings (SSSR count). The van der Waals surface area contributed by atoms with Gasteiger partial charge in [0.25, 0.3) is 0 Å². The number of hydrogen-bond donors (Lipinski definition) is 2. The van der Waals surface area contributed by atoms with Crippen molar-refractivity contribution in [3.8, 4) is 0 Å². The Morgan fingerprint density at radius 1 is 1.37 bits per heavy atom. The minimum atomic E-state index is -0.443. The average molecular weight is 260 g/mol. The van der Waals surface area contributed by atoms with Gasteiger partial charge in [-0.1, -0.05) is 43.7 Å². The highest BCUT2D eigenvalue weighted by atomic mass is 16.2. The highest BCUT2D eigenvalue weighted by Gasteiger charge is 2.22. The Labute approximate surface area is 115 Å². The fourth-order valence-electron chi connectivity index (χ4n) is 2.85. The molecule has 3 atom stereocenters. The summed E-state index contributed by atoms with van der Waals surface area (Å²) in [7, 11) is 0. The molecule has 1 aliphatic rings. The Hall–Kier alpha value is -1.35. The van der Waals surface area contributed by atoms with Crippen LogP contribution >= 0.6 is 0 Å². The van der Waals surface area contributed by atoms with Gasteiger partial charge < -0.3 is 11.1 Å². The highest BCUT2D eigenvalue weighted by molar-refractivity contribution is 5.81. The van der Waals surface area contributed by atoms with Crippen molar-refractivity contribution < 1.29 is 4.79 Å². The van der Waals surface area contributed by atoms with E-state index in [9.17, 15) is 4.79 Å². The molecule has 1 aromatic carbocycles. The van der Waals surface area contributed by atoms with Gasteiger partial charge in [-0.2, -0.15) is 0 Å². The van der Waals surface area contributed by atoms with Crippen molar-refractivity contribution in [2.24, 2.45) is 17.6 Å². The van der Waals surface area contributed by atoms with E-state index in [2.05, 4.69) is 12.2 Å². The molecular formula is C16H24N2O. The lowest BCUT2D eigenvalue weighted by Crippen LogP contribution is -2.43. The van der Waals surface area contributed by atoms with E-state index >= 15 is 0 Å². The van der Waals surface area contributed by atoms with E-state index in [0.29, 0.717) is 12.3 Å². The van der Waals surface area contributed by atoms with Gasteiger partial charge in [-0.3, -0.25) is 4.79 Å². The Kier molecular flexibility index (Phi) is 4.97. The van der Waals surface area contributed by atoms with Gasteiger partial charge in [-0.05, 0) is 36.7 Å². The van der Waals surface area contributed by atoms with Gasteiger partial charge in [-0.15, -0.1) is 0 Å². The number of nitrogens with two attached hydrogens (primary N) is 1. The van der Waals surface area contributed by atoms with E-state index in [1.807, 2.05) is 30.3 Å². The minimum absolute atomic E-state index is 0.0246. The maximum atomic E-state index is 11.9. The molecule has 1 aliphatic carbocycles. The Bertz CT molecular complexity index is 404. The standard InChI is InChI=1S/C16H24N2O/c1-12-7-8-14(9-12)11-18-16(19)15(17)10-13-5-3-2-4-6-13/h2-6,12,14-15H,7-11,17H2,1H3,(H,18,19)/t12?,14?,15-/m0/s1. The summed E-state index contributed by atoms with van der Waals surface area (Å²) in [5.41, 5.74) is 7.06. The van der Waals surface area contributed by atoms with Crippen LogP contribution in [0, 0.1) is 11.8 Å². The molecule has 0 heterocycles. The van der Waals surface area contributed by atoms with Crippen molar-refractivity contribution >= 4 is 5.91 Å². The van der Waals surface area contributed by atoms with Gasteiger partial charge in [0, 0.05) is 6.54 Å². The van der Waals surface area contributed by atoms with Gasteiger partial charge in [0.1, 0.15) is 0 Å². The largest absolute Gasteiger partial charge is 0.354 e. The summed E-state index contributed by atoms with van der Waals surface area (Å²) in [6, 6.07) is 9.48. The monoisotopic (exact) mass is 260 g/mol. The lowest BCUT2D eigenvalue weighted by molar-refractivity contribution is -0.122. The summed E-state index contributed by atoms with van der Waals surface area (Å²) in [6.45, 7) is 3.06. The van der Waals surface area contributed by atoms with E-state index < -0.39 is 6.04 Å². The quantitative estimate of drug-likeness (QED) is 0.852. The summed E-state index contributed by atoms with van der Waals surface area (Å²) in [5.74, 6) is 1.42. The lowest BCUT2D eigenvalue weighted by Gasteiger charge is -2.15. The molecule has 0 bridgehead atoms. The van der Waals surface area contributed by atoms with Gasteiger partial charge in [0.15, 0.2) is 0 Å². The van der Waals surface area contributed by atoms with Crippen LogP contribution in [0.2, 0.25) is 0 Å². The van der Waals surface area contributed by atoms with Crippen LogP contribution in [0.1, 0.15) is 31.7 Å². The zero-order valence-electron chi connectivity index (χ0n) is 11.6. The van der Waals surface area contributed by atoms with E-state index in [1.54, 1.807) is 0 Å². The maximum Gasteiger partial charge on any atom is 0.237 e. The first-order valence-corrected chi connectivity index (χ1v) is 7.22.